The minimum Gasteiger partial charge on any atom is -0.372 e. The van der Waals surface area contributed by atoms with Crippen molar-refractivity contribution in [3.05, 3.63) is 34.7 Å². The van der Waals surface area contributed by atoms with Gasteiger partial charge in [0.05, 0.1) is 4.91 Å². The van der Waals surface area contributed by atoms with Gasteiger partial charge < -0.3 is 9.80 Å². The Morgan fingerprint density at radius 1 is 0.840 bits per heavy atom. The number of amidine groups is 1. The molecule has 3 aliphatic heterocycles. The third kappa shape index (κ3) is 3.92. The van der Waals surface area contributed by atoms with Gasteiger partial charge in [-0.25, -0.2) is 0 Å². The SMILES string of the molecule is O=C1N=C(N2CCCCC2)S/C1=C\c1ccc(N2CCCCC2)cc1. The van der Waals surface area contributed by atoms with Crippen molar-refractivity contribution in [3.8, 4) is 0 Å². The van der Waals surface area contributed by atoms with Crippen LogP contribution in [0.3, 0.4) is 0 Å². The Balaban J connectivity index is 1.43. The van der Waals surface area contributed by atoms with E-state index in [2.05, 4.69) is 39.1 Å². The maximum absolute atomic E-state index is 12.2. The van der Waals surface area contributed by atoms with Crippen molar-refractivity contribution in [1.82, 2.24) is 4.90 Å². The topological polar surface area (TPSA) is 35.9 Å². The monoisotopic (exact) mass is 355 g/mol. The molecule has 2 fully saturated rings. The van der Waals surface area contributed by atoms with Crippen LogP contribution in [0.1, 0.15) is 44.1 Å². The molecule has 0 unspecified atom stereocenters. The van der Waals surface area contributed by atoms with Crippen LogP contribution in [0.4, 0.5) is 5.69 Å². The minimum absolute atomic E-state index is 0.0920. The van der Waals surface area contributed by atoms with Crippen LogP contribution in [0.25, 0.3) is 6.08 Å². The molecule has 1 aromatic carbocycles. The van der Waals surface area contributed by atoms with E-state index in [-0.39, 0.29) is 5.91 Å². The number of carbonyl (C=O) groups excluding carboxylic acids is 1. The lowest BCUT2D eigenvalue weighted by Gasteiger charge is -2.28. The maximum Gasteiger partial charge on any atom is 0.286 e. The van der Waals surface area contributed by atoms with Crippen LogP contribution in [0.2, 0.25) is 0 Å². The summed E-state index contributed by atoms with van der Waals surface area (Å²) in [6.45, 7) is 4.36. The number of amides is 1. The van der Waals surface area contributed by atoms with E-state index in [0.29, 0.717) is 0 Å². The van der Waals surface area contributed by atoms with Crippen molar-refractivity contribution < 1.29 is 4.79 Å². The number of aliphatic imine (C=N–C) groups is 1. The summed E-state index contributed by atoms with van der Waals surface area (Å²) in [7, 11) is 0. The Labute approximate surface area is 154 Å². The number of thioether (sulfide) groups is 1. The molecule has 1 aromatic rings. The fraction of sp³-hybridized carbons (Fsp3) is 0.500. The fourth-order valence-corrected chi connectivity index (χ4v) is 4.67. The molecular formula is C20H25N3OS. The van der Waals surface area contributed by atoms with Crippen LogP contribution < -0.4 is 4.90 Å². The molecule has 0 spiro atoms. The molecule has 3 aliphatic rings. The van der Waals surface area contributed by atoms with Gasteiger partial charge in [-0.3, -0.25) is 4.79 Å². The molecule has 25 heavy (non-hydrogen) atoms. The predicted molar refractivity (Wildman–Crippen MR) is 106 cm³/mol. The summed E-state index contributed by atoms with van der Waals surface area (Å²) in [4.78, 5) is 22.0. The van der Waals surface area contributed by atoms with Crippen LogP contribution in [0.5, 0.6) is 0 Å². The standard InChI is InChI=1S/C20H25N3OS/c24-19-18(25-20(21-19)23-13-5-2-6-14-23)15-16-7-9-17(10-8-16)22-11-3-1-4-12-22/h7-10,15H,1-6,11-14H2/b18-15-. The number of rotatable bonds is 2. The highest BCUT2D eigenvalue weighted by Gasteiger charge is 2.26. The first-order chi connectivity index (χ1) is 12.3. The van der Waals surface area contributed by atoms with Crippen molar-refractivity contribution >= 4 is 34.6 Å². The summed E-state index contributed by atoms with van der Waals surface area (Å²) >= 11 is 1.53. The summed E-state index contributed by atoms with van der Waals surface area (Å²) in [6, 6.07) is 8.58. The van der Waals surface area contributed by atoms with Gasteiger partial charge in [0.2, 0.25) is 0 Å². The van der Waals surface area contributed by atoms with E-state index >= 15 is 0 Å². The van der Waals surface area contributed by atoms with Gasteiger partial charge in [-0.1, -0.05) is 12.1 Å². The van der Waals surface area contributed by atoms with E-state index in [1.165, 1.54) is 56.0 Å². The zero-order valence-corrected chi connectivity index (χ0v) is 15.4. The van der Waals surface area contributed by atoms with Gasteiger partial charge in [0.25, 0.3) is 5.91 Å². The highest BCUT2D eigenvalue weighted by molar-refractivity contribution is 8.18. The molecule has 5 heteroatoms. The summed E-state index contributed by atoms with van der Waals surface area (Å²) < 4.78 is 0. The Morgan fingerprint density at radius 2 is 1.44 bits per heavy atom. The lowest BCUT2D eigenvalue weighted by molar-refractivity contribution is -0.113. The summed E-state index contributed by atoms with van der Waals surface area (Å²) in [5, 5.41) is 0.890. The molecule has 0 bridgehead atoms. The summed E-state index contributed by atoms with van der Waals surface area (Å²) in [5.41, 5.74) is 2.37. The molecule has 132 valence electrons. The molecule has 0 aliphatic carbocycles. The number of likely N-dealkylation sites (tertiary alicyclic amines) is 1. The van der Waals surface area contributed by atoms with Gasteiger partial charge in [0, 0.05) is 31.9 Å². The van der Waals surface area contributed by atoms with E-state index in [0.717, 1.165) is 41.8 Å². The lowest BCUT2D eigenvalue weighted by atomic mass is 10.1. The second-order valence-corrected chi connectivity index (χ2v) is 8.01. The zero-order valence-electron chi connectivity index (χ0n) is 14.6. The average molecular weight is 356 g/mol. The second-order valence-electron chi connectivity index (χ2n) is 7.00. The third-order valence-corrected chi connectivity index (χ3v) is 6.19. The van der Waals surface area contributed by atoms with Gasteiger partial charge in [-0.2, -0.15) is 4.99 Å². The van der Waals surface area contributed by atoms with Gasteiger partial charge in [0.15, 0.2) is 5.17 Å². The molecule has 0 N–H and O–H groups in total. The second kappa shape index (κ2) is 7.65. The molecule has 1 amide bonds. The highest BCUT2D eigenvalue weighted by atomic mass is 32.2. The zero-order chi connectivity index (χ0) is 17.1. The van der Waals surface area contributed by atoms with Crippen LogP contribution >= 0.6 is 11.8 Å². The summed E-state index contributed by atoms with van der Waals surface area (Å²) in [6.07, 6.45) is 9.58. The molecule has 3 heterocycles. The first-order valence-corrected chi connectivity index (χ1v) is 10.2. The molecule has 0 aromatic heterocycles. The van der Waals surface area contributed by atoms with Gasteiger partial charge in [-0.15, -0.1) is 0 Å². The van der Waals surface area contributed by atoms with Crippen LogP contribution in [-0.4, -0.2) is 42.2 Å². The van der Waals surface area contributed by atoms with E-state index < -0.39 is 0 Å². The number of carbonyl (C=O) groups is 1. The minimum atomic E-state index is -0.0920. The van der Waals surface area contributed by atoms with Crippen molar-refractivity contribution in [2.24, 2.45) is 4.99 Å². The Kier molecular flexibility index (Phi) is 5.11. The molecule has 0 atom stereocenters. The van der Waals surface area contributed by atoms with Crippen LogP contribution in [0, 0.1) is 0 Å². The van der Waals surface area contributed by atoms with Crippen molar-refractivity contribution in [2.75, 3.05) is 31.1 Å². The third-order valence-electron chi connectivity index (χ3n) is 5.15. The molecule has 4 rings (SSSR count). The Morgan fingerprint density at radius 3 is 2.08 bits per heavy atom. The van der Waals surface area contributed by atoms with Crippen LogP contribution in [0.15, 0.2) is 34.2 Å². The Hall–Kier alpha value is -1.75. The Bertz CT molecular complexity index is 683. The normalized spacial score (nSPS) is 23.3. The number of piperidine rings is 2. The largest absolute Gasteiger partial charge is 0.372 e. The number of hydrogen-bond acceptors (Lipinski definition) is 4. The number of nitrogens with zero attached hydrogens (tertiary/aromatic N) is 3. The summed E-state index contributed by atoms with van der Waals surface area (Å²) in [5.74, 6) is -0.0920. The van der Waals surface area contributed by atoms with Gasteiger partial charge in [0.1, 0.15) is 0 Å². The predicted octanol–water partition coefficient (Wildman–Crippen LogP) is 4.13. The van der Waals surface area contributed by atoms with Crippen LogP contribution in [-0.2, 0) is 4.79 Å². The van der Waals surface area contributed by atoms with Gasteiger partial charge in [-0.05, 0) is 74.1 Å². The quantitative estimate of drug-likeness (QED) is 0.747. The van der Waals surface area contributed by atoms with Crippen molar-refractivity contribution in [1.29, 1.82) is 0 Å². The van der Waals surface area contributed by atoms with E-state index in [9.17, 15) is 4.79 Å². The highest BCUT2D eigenvalue weighted by Crippen LogP contribution is 2.31. The van der Waals surface area contributed by atoms with E-state index in [1.807, 2.05) is 6.08 Å². The van der Waals surface area contributed by atoms with E-state index in [4.69, 9.17) is 0 Å². The molecular weight excluding hydrogens is 330 g/mol. The molecule has 2 saturated heterocycles. The fourth-order valence-electron chi connectivity index (χ4n) is 3.70. The molecule has 4 nitrogen and oxygen atoms in total. The van der Waals surface area contributed by atoms with Crippen molar-refractivity contribution in [2.45, 2.75) is 38.5 Å². The first-order valence-electron chi connectivity index (χ1n) is 9.42. The smallest absolute Gasteiger partial charge is 0.286 e. The first kappa shape index (κ1) is 16.7. The number of benzene rings is 1. The lowest BCUT2D eigenvalue weighted by Crippen LogP contribution is -2.33. The molecule has 0 radical (unpaired) electrons. The molecule has 0 saturated carbocycles. The number of hydrogen-bond donors (Lipinski definition) is 0. The van der Waals surface area contributed by atoms with Gasteiger partial charge >= 0.3 is 0 Å². The number of anilines is 1. The van der Waals surface area contributed by atoms with E-state index in [1.54, 1.807) is 0 Å². The maximum atomic E-state index is 12.2. The van der Waals surface area contributed by atoms with Crippen molar-refractivity contribution in [3.63, 3.8) is 0 Å². The average Bonchev–Trinajstić information content (AvgIpc) is 3.04.